The van der Waals surface area contributed by atoms with Crippen LogP contribution >= 0.6 is 0 Å². The molecule has 0 bridgehead atoms. The maximum Gasteiger partial charge on any atom is 0.0546 e. The molecule has 0 unspecified atom stereocenters. The molecule has 0 heterocycles. The molecule has 0 aromatic heterocycles. The summed E-state index contributed by atoms with van der Waals surface area (Å²) in [6.07, 6.45) is 0. The third kappa shape index (κ3) is 5.81. The quantitative estimate of drug-likeness (QED) is 0.159. The minimum Gasteiger partial charge on any atom is -0.310 e. The third-order valence-electron chi connectivity index (χ3n) is 11.7. The summed E-state index contributed by atoms with van der Waals surface area (Å²) in [5.41, 5.74) is 18.2. The number of anilines is 3. The van der Waals surface area contributed by atoms with Crippen molar-refractivity contribution in [2.45, 2.75) is 19.3 Å². The van der Waals surface area contributed by atoms with Gasteiger partial charge in [0.15, 0.2) is 0 Å². The smallest absolute Gasteiger partial charge is 0.0546 e. The fourth-order valence-electron chi connectivity index (χ4n) is 8.79. The minimum atomic E-state index is -0.131. The summed E-state index contributed by atoms with van der Waals surface area (Å²) >= 11 is 0. The molecule has 0 radical (unpaired) electrons. The number of fused-ring (bicyclic) bond motifs is 4. The van der Waals surface area contributed by atoms with Crippen LogP contribution in [-0.4, -0.2) is 0 Å². The Kier molecular flexibility index (Phi) is 8.23. The largest absolute Gasteiger partial charge is 0.310 e. The molecule has 9 aromatic rings. The van der Waals surface area contributed by atoms with E-state index in [9.17, 15) is 0 Å². The molecule has 1 nitrogen and oxygen atoms in total. The van der Waals surface area contributed by atoms with Crippen molar-refractivity contribution in [3.05, 3.63) is 223 Å². The molecule has 0 saturated heterocycles. The average Bonchev–Trinajstić information content (AvgIpc) is 3.49. The number of rotatable bonds is 7. The van der Waals surface area contributed by atoms with Crippen LogP contribution in [0.5, 0.6) is 0 Å². The summed E-state index contributed by atoms with van der Waals surface area (Å²) in [5.74, 6) is 0. The van der Waals surface area contributed by atoms with Crippen LogP contribution in [0.4, 0.5) is 17.1 Å². The van der Waals surface area contributed by atoms with E-state index in [0.717, 1.165) is 17.1 Å². The van der Waals surface area contributed by atoms with Crippen LogP contribution in [0.15, 0.2) is 212 Å². The van der Waals surface area contributed by atoms with Crippen molar-refractivity contribution in [2.75, 3.05) is 4.90 Å². The molecule has 0 fully saturated rings. The van der Waals surface area contributed by atoms with Crippen LogP contribution in [0.3, 0.4) is 0 Å². The lowest BCUT2D eigenvalue weighted by molar-refractivity contribution is 0.660. The molecule has 1 aliphatic carbocycles. The molecule has 0 atom stereocenters. The topological polar surface area (TPSA) is 3.24 Å². The molecule has 0 saturated carbocycles. The average molecular weight is 716 g/mol. The van der Waals surface area contributed by atoms with E-state index in [-0.39, 0.29) is 5.41 Å². The number of benzene rings is 9. The first-order valence-electron chi connectivity index (χ1n) is 19.5. The summed E-state index contributed by atoms with van der Waals surface area (Å²) < 4.78 is 0. The zero-order valence-electron chi connectivity index (χ0n) is 31.7. The maximum absolute atomic E-state index is 2.47. The number of hydrogen-bond donors (Lipinski definition) is 0. The van der Waals surface area contributed by atoms with Gasteiger partial charge in [0, 0.05) is 22.4 Å². The highest BCUT2D eigenvalue weighted by Crippen LogP contribution is 2.51. The van der Waals surface area contributed by atoms with Gasteiger partial charge in [-0.2, -0.15) is 0 Å². The van der Waals surface area contributed by atoms with Gasteiger partial charge < -0.3 is 4.90 Å². The maximum atomic E-state index is 2.47. The monoisotopic (exact) mass is 715 g/mol. The lowest BCUT2D eigenvalue weighted by Gasteiger charge is -2.30. The molecular formula is C55H41N. The first kappa shape index (κ1) is 33.6. The number of nitrogens with zero attached hydrogens (tertiary/aromatic N) is 1. The summed E-state index contributed by atoms with van der Waals surface area (Å²) in [4.78, 5) is 2.47. The normalized spacial score (nSPS) is 12.6. The van der Waals surface area contributed by atoms with Crippen LogP contribution in [0, 0.1) is 0 Å². The Bertz CT molecular complexity index is 2860. The molecule has 1 heteroatoms. The highest BCUT2D eigenvalue weighted by molar-refractivity contribution is 5.99. The fraction of sp³-hybridized carbons (Fsp3) is 0.0545. The molecule has 266 valence electrons. The van der Waals surface area contributed by atoms with E-state index in [1.165, 1.54) is 77.5 Å². The molecule has 9 aromatic carbocycles. The summed E-state index contributed by atoms with van der Waals surface area (Å²) in [5, 5.41) is 2.49. The lowest BCUT2D eigenvalue weighted by atomic mass is 9.82. The van der Waals surface area contributed by atoms with Gasteiger partial charge in [0.05, 0.1) is 5.69 Å². The zero-order valence-corrected chi connectivity index (χ0v) is 31.7. The van der Waals surface area contributed by atoms with Crippen molar-refractivity contribution in [3.63, 3.8) is 0 Å². The van der Waals surface area contributed by atoms with E-state index in [4.69, 9.17) is 0 Å². The molecule has 0 spiro atoms. The Balaban J connectivity index is 1.18. The molecule has 0 amide bonds. The van der Waals surface area contributed by atoms with Crippen molar-refractivity contribution in [2.24, 2.45) is 0 Å². The van der Waals surface area contributed by atoms with Gasteiger partial charge in [-0.25, -0.2) is 0 Å². The second-order valence-electron chi connectivity index (χ2n) is 15.4. The van der Waals surface area contributed by atoms with E-state index in [1.807, 2.05) is 0 Å². The van der Waals surface area contributed by atoms with Crippen molar-refractivity contribution < 1.29 is 0 Å². The van der Waals surface area contributed by atoms with E-state index in [2.05, 4.69) is 231 Å². The van der Waals surface area contributed by atoms with E-state index in [0.29, 0.717) is 0 Å². The van der Waals surface area contributed by atoms with Gasteiger partial charge in [0.2, 0.25) is 0 Å². The van der Waals surface area contributed by atoms with E-state index < -0.39 is 0 Å². The van der Waals surface area contributed by atoms with Gasteiger partial charge >= 0.3 is 0 Å². The van der Waals surface area contributed by atoms with Crippen LogP contribution in [0.2, 0.25) is 0 Å². The molecule has 1 aliphatic rings. The van der Waals surface area contributed by atoms with Crippen LogP contribution in [0.25, 0.3) is 66.4 Å². The molecule has 10 rings (SSSR count). The zero-order chi connectivity index (χ0) is 37.6. The van der Waals surface area contributed by atoms with Gasteiger partial charge in [-0.05, 0) is 108 Å². The summed E-state index contributed by atoms with van der Waals surface area (Å²) in [7, 11) is 0. The van der Waals surface area contributed by atoms with Crippen LogP contribution < -0.4 is 4.90 Å². The van der Waals surface area contributed by atoms with Crippen molar-refractivity contribution in [1.29, 1.82) is 0 Å². The summed E-state index contributed by atoms with van der Waals surface area (Å²) in [6, 6.07) is 77.7. The second-order valence-corrected chi connectivity index (χ2v) is 15.4. The molecule has 0 N–H and O–H groups in total. The Morgan fingerprint density at radius 3 is 1.64 bits per heavy atom. The Labute approximate surface area is 329 Å². The summed E-state index contributed by atoms with van der Waals surface area (Å²) in [6.45, 7) is 4.72. The number of hydrogen-bond acceptors (Lipinski definition) is 1. The van der Waals surface area contributed by atoms with Gasteiger partial charge in [-0.15, -0.1) is 0 Å². The van der Waals surface area contributed by atoms with Gasteiger partial charge in [0.25, 0.3) is 0 Å². The molecule has 56 heavy (non-hydrogen) atoms. The Morgan fingerprint density at radius 1 is 0.321 bits per heavy atom. The van der Waals surface area contributed by atoms with E-state index in [1.54, 1.807) is 0 Å². The molecule has 0 aliphatic heterocycles. The standard InChI is InChI=1S/C55H41N/c1-55(2)52-26-12-11-24-50(52)51-34-32-46(37-53(51)55)56(45-30-27-39(28-31-45)43-22-13-21-42(35-43)38-15-5-3-6-16-38)54-36-44(29-33-49(54)41-17-7-4-8-18-41)48-25-14-20-40-19-9-10-23-47(40)48/h3-37H,1-2H3. The highest BCUT2D eigenvalue weighted by Gasteiger charge is 2.36. The van der Waals surface area contributed by atoms with Gasteiger partial charge in [-0.3, -0.25) is 0 Å². The van der Waals surface area contributed by atoms with Crippen LogP contribution in [-0.2, 0) is 5.41 Å². The predicted octanol–water partition coefficient (Wildman–Crippen LogP) is 15.3. The first-order valence-corrected chi connectivity index (χ1v) is 19.5. The second kappa shape index (κ2) is 13.7. The van der Waals surface area contributed by atoms with Crippen molar-refractivity contribution >= 4 is 27.8 Å². The Hall–Kier alpha value is -6.96. The highest BCUT2D eigenvalue weighted by atomic mass is 15.1. The predicted molar refractivity (Wildman–Crippen MR) is 238 cm³/mol. The van der Waals surface area contributed by atoms with Gasteiger partial charge in [-0.1, -0.05) is 190 Å². The minimum absolute atomic E-state index is 0.131. The van der Waals surface area contributed by atoms with Crippen molar-refractivity contribution in [1.82, 2.24) is 0 Å². The van der Waals surface area contributed by atoms with Crippen molar-refractivity contribution in [3.8, 4) is 55.6 Å². The Morgan fingerprint density at radius 2 is 0.857 bits per heavy atom. The SMILES string of the molecule is CC1(C)c2ccccc2-c2ccc(N(c3ccc(-c4cccc(-c5ccccc5)c4)cc3)c3cc(-c4cccc5ccccc45)ccc3-c3ccccc3)cc21. The van der Waals surface area contributed by atoms with Gasteiger partial charge in [0.1, 0.15) is 0 Å². The third-order valence-corrected chi connectivity index (χ3v) is 11.7. The fourth-order valence-corrected chi connectivity index (χ4v) is 8.79. The lowest BCUT2D eigenvalue weighted by Crippen LogP contribution is -2.17. The molecular weight excluding hydrogens is 675 g/mol. The van der Waals surface area contributed by atoms with Crippen LogP contribution in [0.1, 0.15) is 25.0 Å². The first-order chi connectivity index (χ1) is 27.5. The van der Waals surface area contributed by atoms with E-state index >= 15 is 0 Å².